The summed E-state index contributed by atoms with van der Waals surface area (Å²) in [6, 6.07) is 27.0. The number of hydrogen-bond acceptors (Lipinski definition) is 5. The highest BCUT2D eigenvalue weighted by Gasteiger charge is 2.28. The molecule has 0 aliphatic carbocycles. The Morgan fingerprint density at radius 1 is 0.844 bits per heavy atom. The molecule has 0 saturated carbocycles. The zero-order valence-corrected chi connectivity index (χ0v) is 17.7. The second-order valence-corrected chi connectivity index (χ2v) is 7.65. The molecule has 7 heteroatoms. The van der Waals surface area contributed by atoms with E-state index in [1.165, 1.54) is 23.3 Å². The van der Waals surface area contributed by atoms with Gasteiger partial charge in [0, 0.05) is 32.2 Å². The Hall–Kier alpha value is -3.71. The zero-order chi connectivity index (χ0) is 22.3. The summed E-state index contributed by atoms with van der Waals surface area (Å²) >= 11 is 0. The molecule has 7 nitrogen and oxygen atoms in total. The molecule has 0 N–H and O–H groups in total. The number of para-hydroxylation sites is 2. The molecule has 1 aliphatic heterocycles. The Morgan fingerprint density at radius 3 is 1.94 bits per heavy atom. The summed E-state index contributed by atoms with van der Waals surface area (Å²) < 4.78 is 5.48. The molecule has 0 atom stereocenters. The number of rotatable bonds is 7. The lowest BCUT2D eigenvalue weighted by Gasteiger charge is -2.39. The average molecular weight is 431 g/mol. The van der Waals surface area contributed by atoms with E-state index < -0.39 is 4.92 Å². The number of nitro groups is 1. The van der Waals surface area contributed by atoms with E-state index in [9.17, 15) is 14.9 Å². The first-order valence-electron chi connectivity index (χ1n) is 10.6. The minimum absolute atomic E-state index is 0.109. The highest BCUT2D eigenvalue weighted by molar-refractivity contribution is 5.78. The molecule has 0 unspecified atom stereocenters. The lowest BCUT2D eigenvalue weighted by Crippen LogP contribution is -2.51. The minimum atomic E-state index is -0.508. The standard InChI is InChI=1S/C25H25N3O4/c29-24(19-32-23-14-8-7-13-22(23)28(30)31)26-15-17-27(18-16-26)25(20-9-3-1-4-10-20)21-11-5-2-6-12-21/h1-14,25H,15-19H2. The van der Waals surface area contributed by atoms with Gasteiger partial charge in [-0.1, -0.05) is 72.8 Å². The Bertz CT molecular complexity index is 1010. The number of ether oxygens (including phenoxy) is 1. The first-order chi connectivity index (χ1) is 15.6. The van der Waals surface area contributed by atoms with Crippen LogP contribution < -0.4 is 4.74 Å². The van der Waals surface area contributed by atoms with Crippen molar-refractivity contribution in [3.05, 3.63) is 106 Å². The molecule has 1 amide bonds. The van der Waals surface area contributed by atoms with Gasteiger partial charge in [0.15, 0.2) is 12.4 Å². The maximum atomic E-state index is 12.7. The number of amides is 1. The summed E-state index contributed by atoms with van der Waals surface area (Å²) in [6.07, 6.45) is 0. The second kappa shape index (κ2) is 10.1. The number of piperazine rings is 1. The quantitative estimate of drug-likeness (QED) is 0.419. The predicted molar refractivity (Wildman–Crippen MR) is 121 cm³/mol. The molecule has 0 radical (unpaired) electrons. The fourth-order valence-electron chi connectivity index (χ4n) is 4.08. The number of benzene rings is 3. The van der Waals surface area contributed by atoms with Crippen molar-refractivity contribution < 1.29 is 14.5 Å². The first-order valence-corrected chi connectivity index (χ1v) is 10.6. The summed E-state index contributed by atoms with van der Waals surface area (Å²) in [4.78, 5) is 27.4. The van der Waals surface area contributed by atoms with E-state index >= 15 is 0 Å². The van der Waals surface area contributed by atoms with E-state index in [1.807, 2.05) is 36.4 Å². The van der Waals surface area contributed by atoms with Gasteiger partial charge < -0.3 is 9.64 Å². The van der Waals surface area contributed by atoms with E-state index in [0.29, 0.717) is 13.1 Å². The van der Waals surface area contributed by atoms with Gasteiger partial charge in [-0.25, -0.2) is 0 Å². The number of carbonyl (C=O) groups excluding carboxylic acids is 1. The number of nitro benzene ring substituents is 1. The summed E-state index contributed by atoms with van der Waals surface area (Å²) in [5.74, 6) is -0.0588. The van der Waals surface area contributed by atoms with Crippen molar-refractivity contribution in [3.8, 4) is 5.75 Å². The Morgan fingerprint density at radius 2 is 1.38 bits per heavy atom. The van der Waals surface area contributed by atoms with Crippen molar-refractivity contribution in [2.45, 2.75) is 6.04 Å². The average Bonchev–Trinajstić information content (AvgIpc) is 2.84. The monoisotopic (exact) mass is 431 g/mol. The number of carbonyl (C=O) groups is 1. The third-order valence-corrected chi connectivity index (χ3v) is 5.68. The van der Waals surface area contributed by atoms with Gasteiger partial charge in [0.1, 0.15) is 0 Å². The SMILES string of the molecule is O=C(COc1ccccc1[N+](=O)[O-])N1CCN(C(c2ccccc2)c2ccccc2)CC1. The third kappa shape index (κ3) is 4.95. The van der Waals surface area contributed by atoms with Crippen molar-refractivity contribution in [3.63, 3.8) is 0 Å². The topological polar surface area (TPSA) is 75.9 Å². The largest absolute Gasteiger partial charge is 0.477 e. The highest BCUT2D eigenvalue weighted by atomic mass is 16.6. The Labute approximate surface area is 187 Å². The van der Waals surface area contributed by atoms with Crippen LogP contribution in [0, 0.1) is 10.1 Å². The molecule has 3 aromatic carbocycles. The van der Waals surface area contributed by atoms with Crippen LogP contribution in [0.15, 0.2) is 84.9 Å². The molecule has 3 aromatic rings. The van der Waals surface area contributed by atoms with Crippen LogP contribution in [-0.4, -0.2) is 53.4 Å². The molecule has 164 valence electrons. The van der Waals surface area contributed by atoms with Crippen LogP contribution >= 0.6 is 0 Å². The van der Waals surface area contributed by atoms with Crippen molar-refractivity contribution in [2.75, 3.05) is 32.8 Å². The van der Waals surface area contributed by atoms with Crippen LogP contribution in [-0.2, 0) is 4.79 Å². The summed E-state index contributed by atoms with van der Waals surface area (Å²) in [6.45, 7) is 2.40. The van der Waals surface area contributed by atoms with Crippen LogP contribution in [0.1, 0.15) is 17.2 Å². The van der Waals surface area contributed by atoms with Crippen LogP contribution in [0.5, 0.6) is 5.75 Å². The van der Waals surface area contributed by atoms with Gasteiger partial charge >= 0.3 is 5.69 Å². The normalized spacial score (nSPS) is 14.3. The molecule has 1 saturated heterocycles. The van der Waals surface area contributed by atoms with Crippen LogP contribution in [0.4, 0.5) is 5.69 Å². The van der Waals surface area contributed by atoms with Gasteiger partial charge in [0.25, 0.3) is 5.91 Å². The van der Waals surface area contributed by atoms with E-state index in [-0.39, 0.29) is 30.0 Å². The summed E-state index contributed by atoms with van der Waals surface area (Å²) in [5.41, 5.74) is 2.30. The van der Waals surface area contributed by atoms with Gasteiger partial charge in [-0.2, -0.15) is 0 Å². The molecule has 0 spiro atoms. The lowest BCUT2D eigenvalue weighted by atomic mass is 9.96. The van der Waals surface area contributed by atoms with Crippen molar-refractivity contribution in [1.82, 2.24) is 9.80 Å². The smallest absolute Gasteiger partial charge is 0.310 e. The van der Waals surface area contributed by atoms with Gasteiger partial charge in [-0.15, -0.1) is 0 Å². The predicted octanol–water partition coefficient (Wildman–Crippen LogP) is 3.91. The highest BCUT2D eigenvalue weighted by Crippen LogP contribution is 2.30. The number of nitrogens with zero attached hydrogens (tertiary/aromatic N) is 3. The fourth-order valence-corrected chi connectivity index (χ4v) is 4.08. The molecule has 32 heavy (non-hydrogen) atoms. The zero-order valence-electron chi connectivity index (χ0n) is 17.7. The molecule has 1 fully saturated rings. The van der Waals surface area contributed by atoms with Gasteiger partial charge in [0.05, 0.1) is 11.0 Å². The maximum absolute atomic E-state index is 12.7. The molecule has 1 aliphatic rings. The van der Waals surface area contributed by atoms with Gasteiger partial charge in [-0.3, -0.25) is 19.8 Å². The van der Waals surface area contributed by atoms with Crippen LogP contribution in [0.2, 0.25) is 0 Å². The Balaban J connectivity index is 1.39. The van der Waals surface area contributed by atoms with E-state index in [0.717, 1.165) is 13.1 Å². The molecule has 0 aromatic heterocycles. The summed E-state index contributed by atoms with van der Waals surface area (Å²) in [5, 5.41) is 11.1. The van der Waals surface area contributed by atoms with Crippen LogP contribution in [0.3, 0.4) is 0 Å². The van der Waals surface area contributed by atoms with Crippen molar-refractivity contribution >= 4 is 11.6 Å². The van der Waals surface area contributed by atoms with Crippen molar-refractivity contribution in [2.24, 2.45) is 0 Å². The third-order valence-electron chi connectivity index (χ3n) is 5.68. The van der Waals surface area contributed by atoms with Crippen molar-refractivity contribution in [1.29, 1.82) is 0 Å². The maximum Gasteiger partial charge on any atom is 0.310 e. The second-order valence-electron chi connectivity index (χ2n) is 7.65. The molecular formula is C25H25N3O4. The van der Waals surface area contributed by atoms with Gasteiger partial charge in [-0.05, 0) is 17.2 Å². The fraction of sp³-hybridized carbons (Fsp3) is 0.240. The Kier molecular flexibility index (Phi) is 6.77. The molecule has 4 rings (SSSR count). The molecular weight excluding hydrogens is 406 g/mol. The van der Waals surface area contributed by atoms with E-state index in [4.69, 9.17) is 4.74 Å². The minimum Gasteiger partial charge on any atom is -0.477 e. The molecule has 0 bridgehead atoms. The van der Waals surface area contributed by atoms with E-state index in [2.05, 4.69) is 29.2 Å². The summed E-state index contributed by atoms with van der Waals surface area (Å²) in [7, 11) is 0. The molecule has 1 heterocycles. The van der Waals surface area contributed by atoms with Crippen LogP contribution in [0.25, 0.3) is 0 Å². The lowest BCUT2D eigenvalue weighted by molar-refractivity contribution is -0.385. The van der Waals surface area contributed by atoms with E-state index in [1.54, 1.807) is 17.0 Å². The first kappa shape index (κ1) is 21.5. The van der Waals surface area contributed by atoms with Gasteiger partial charge in [0.2, 0.25) is 0 Å². The number of hydrogen-bond donors (Lipinski definition) is 0.